The van der Waals surface area contributed by atoms with Crippen LogP contribution >= 0.6 is 0 Å². The number of carbonyl (C=O) groups is 2. The van der Waals surface area contributed by atoms with Gasteiger partial charge in [0, 0.05) is 19.6 Å². The molecule has 1 aliphatic rings. The van der Waals surface area contributed by atoms with Crippen molar-refractivity contribution in [1.29, 1.82) is 0 Å². The van der Waals surface area contributed by atoms with Gasteiger partial charge in [-0.15, -0.1) is 0 Å². The molecule has 1 atom stereocenters. The van der Waals surface area contributed by atoms with E-state index in [-0.39, 0.29) is 25.1 Å². The summed E-state index contributed by atoms with van der Waals surface area (Å²) in [6, 6.07) is 1.32. The molecule has 1 saturated heterocycles. The van der Waals surface area contributed by atoms with E-state index in [9.17, 15) is 22.8 Å². The van der Waals surface area contributed by atoms with Crippen LogP contribution in [0.15, 0.2) is 12.1 Å². The summed E-state index contributed by atoms with van der Waals surface area (Å²) in [6.45, 7) is 2.11. The molecule has 8 heteroatoms. The van der Waals surface area contributed by atoms with Gasteiger partial charge in [-0.05, 0) is 37.5 Å². The minimum Gasteiger partial charge on any atom is -0.481 e. The van der Waals surface area contributed by atoms with Crippen LogP contribution in [-0.2, 0) is 11.2 Å². The fourth-order valence-electron chi connectivity index (χ4n) is 2.49. The van der Waals surface area contributed by atoms with Crippen molar-refractivity contribution in [3.8, 4) is 0 Å². The fourth-order valence-corrected chi connectivity index (χ4v) is 2.49. The third-order valence-electron chi connectivity index (χ3n) is 4.01. The number of aliphatic carboxylic acids is 1. The maximum atomic E-state index is 13.1. The second-order valence-electron chi connectivity index (χ2n) is 5.89. The Bertz CT molecular complexity index is 615. The fraction of sp³-hybridized carbons (Fsp3) is 0.467. The topological polar surface area (TPSA) is 69.6 Å². The van der Waals surface area contributed by atoms with Crippen LogP contribution in [0.25, 0.3) is 0 Å². The smallest absolute Gasteiger partial charge is 0.317 e. The van der Waals surface area contributed by atoms with Crippen molar-refractivity contribution in [1.82, 2.24) is 10.2 Å². The van der Waals surface area contributed by atoms with E-state index in [0.29, 0.717) is 13.0 Å². The van der Waals surface area contributed by atoms with Gasteiger partial charge in [0.25, 0.3) is 0 Å². The molecule has 2 N–H and O–H groups in total. The number of benzene rings is 1. The molecule has 126 valence electrons. The monoisotopic (exact) mass is 330 g/mol. The molecule has 1 fully saturated rings. The van der Waals surface area contributed by atoms with Crippen LogP contribution in [0.1, 0.15) is 18.9 Å². The Morgan fingerprint density at radius 2 is 1.91 bits per heavy atom. The molecule has 23 heavy (non-hydrogen) atoms. The first-order valence-electron chi connectivity index (χ1n) is 7.12. The first-order valence-corrected chi connectivity index (χ1v) is 7.12. The molecule has 2 rings (SSSR count). The van der Waals surface area contributed by atoms with Crippen molar-refractivity contribution in [3.05, 3.63) is 35.1 Å². The van der Waals surface area contributed by atoms with Crippen LogP contribution in [0.5, 0.6) is 0 Å². The Morgan fingerprint density at radius 3 is 2.43 bits per heavy atom. The Morgan fingerprint density at radius 1 is 1.30 bits per heavy atom. The van der Waals surface area contributed by atoms with Crippen molar-refractivity contribution in [2.24, 2.45) is 5.41 Å². The Kier molecular flexibility index (Phi) is 4.82. The van der Waals surface area contributed by atoms with Crippen LogP contribution < -0.4 is 5.32 Å². The van der Waals surface area contributed by atoms with Gasteiger partial charge >= 0.3 is 12.0 Å². The van der Waals surface area contributed by atoms with Crippen LogP contribution in [-0.4, -0.2) is 41.6 Å². The summed E-state index contributed by atoms with van der Waals surface area (Å²) in [5.74, 6) is -5.03. The minimum atomic E-state index is -1.53. The number of hydrogen-bond donors (Lipinski definition) is 2. The van der Waals surface area contributed by atoms with Crippen molar-refractivity contribution >= 4 is 12.0 Å². The maximum absolute atomic E-state index is 13.1. The van der Waals surface area contributed by atoms with Crippen LogP contribution in [0.4, 0.5) is 18.0 Å². The normalized spacial score (nSPS) is 20.6. The maximum Gasteiger partial charge on any atom is 0.317 e. The van der Waals surface area contributed by atoms with E-state index < -0.39 is 34.9 Å². The van der Waals surface area contributed by atoms with E-state index in [4.69, 9.17) is 5.11 Å². The van der Waals surface area contributed by atoms with Gasteiger partial charge < -0.3 is 15.3 Å². The Labute approximate surface area is 131 Å². The highest BCUT2D eigenvalue weighted by molar-refractivity contribution is 5.79. The van der Waals surface area contributed by atoms with Crippen molar-refractivity contribution in [2.45, 2.75) is 19.8 Å². The zero-order valence-corrected chi connectivity index (χ0v) is 12.5. The van der Waals surface area contributed by atoms with E-state index >= 15 is 0 Å². The van der Waals surface area contributed by atoms with Crippen molar-refractivity contribution in [2.75, 3.05) is 19.6 Å². The number of amides is 2. The average Bonchev–Trinajstić information content (AvgIpc) is 2.88. The van der Waals surface area contributed by atoms with Gasteiger partial charge in [0.2, 0.25) is 0 Å². The second-order valence-corrected chi connectivity index (χ2v) is 5.89. The molecule has 0 aliphatic carbocycles. The van der Waals surface area contributed by atoms with Crippen LogP contribution in [0.2, 0.25) is 0 Å². The zero-order valence-electron chi connectivity index (χ0n) is 12.5. The average molecular weight is 330 g/mol. The summed E-state index contributed by atoms with van der Waals surface area (Å²) in [6.07, 6.45) is 0.494. The van der Waals surface area contributed by atoms with Crippen molar-refractivity contribution < 1.29 is 27.9 Å². The molecular weight excluding hydrogens is 313 g/mol. The van der Waals surface area contributed by atoms with E-state index in [1.165, 1.54) is 4.90 Å². The second kappa shape index (κ2) is 6.47. The first kappa shape index (κ1) is 17.1. The number of carbonyl (C=O) groups excluding carboxylic acids is 1. The lowest BCUT2D eigenvalue weighted by Crippen LogP contribution is -2.41. The highest BCUT2D eigenvalue weighted by Crippen LogP contribution is 2.29. The largest absolute Gasteiger partial charge is 0.481 e. The zero-order chi connectivity index (χ0) is 17.2. The highest BCUT2D eigenvalue weighted by atomic mass is 19.2. The molecule has 0 bridgehead atoms. The third kappa shape index (κ3) is 3.75. The number of nitrogens with one attached hydrogen (secondary N) is 1. The summed E-state index contributed by atoms with van der Waals surface area (Å²) in [5.41, 5.74) is -0.737. The van der Waals surface area contributed by atoms with Gasteiger partial charge in [-0.1, -0.05) is 0 Å². The van der Waals surface area contributed by atoms with E-state index in [0.717, 1.165) is 12.1 Å². The predicted octanol–water partition coefficient (Wildman–Crippen LogP) is 2.15. The third-order valence-corrected chi connectivity index (χ3v) is 4.01. The van der Waals surface area contributed by atoms with Gasteiger partial charge in [0.05, 0.1) is 5.41 Å². The highest BCUT2D eigenvalue weighted by Gasteiger charge is 2.42. The summed E-state index contributed by atoms with van der Waals surface area (Å²) in [7, 11) is 0. The molecule has 0 spiro atoms. The lowest BCUT2D eigenvalue weighted by molar-refractivity contribution is -0.147. The molecule has 1 aromatic carbocycles. The number of halogens is 3. The quantitative estimate of drug-likeness (QED) is 0.831. The lowest BCUT2D eigenvalue weighted by Gasteiger charge is -2.20. The molecule has 1 aromatic rings. The number of carboxylic acids is 1. The molecule has 0 radical (unpaired) electrons. The summed E-state index contributed by atoms with van der Waals surface area (Å²) in [5, 5.41) is 11.7. The van der Waals surface area contributed by atoms with Gasteiger partial charge in [-0.3, -0.25) is 4.79 Å². The number of hydrogen-bond acceptors (Lipinski definition) is 2. The van der Waals surface area contributed by atoms with Crippen molar-refractivity contribution in [3.63, 3.8) is 0 Å². The van der Waals surface area contributed by atoms with Gasteiger partial charge in [-0.2, -0.15) is 0 Å². The van der Waals surface area contributed by atoms with E-state index in [1.54, 1.807) is 6.92 Å². The Hall–Kier alpha value is -2.25. The molecular formula is C15H17F3N2O3. The summed E-state index contributed by atoms with van der Waals surface area (Å²) >= 11 is 0. The number of urea groups is 1. The minimum absolute atomic E-state index is 0.101. The number of nitrogens with zero attached hydrogens (tertiary/aromatic N) is 1. The number of carboxylic acid groups (broad SMARTS) is 1. The molecule has 0 saturated carbocycles. The van der Waals surface area contributed by atoms with Gasteiger partial charge in [0.15, 0.2) is 17.5 Å². The molecule has 0 aromatic heterocycles. The van der Waals surface area contributed by atoms with Crippen LogP contribution in [0.3, 0.4) is 0 Å². The van der Waals surface area contributed by atoms with Gasteiger partial charge in [0.1, 0.15) is 0 Å². The molecule has 2 amide bonds. The molecule has 5 nitrogen and oxygen atoms in total. The van der Waals surface area contributed by atoms with Crippen LogP contribution in [0, 0.1) is 22.9 Å². The van der Waals surface area contributed by atoms with Gasteiger partial charge in [-0.25, -0.2) is 18.0 Å². The lowest BCUT2D eigenvalue weighted by atomic mass is 9.90. The summed E-state index contributed by atoms with van der Waals surface area (Å²) < 4.78 is 39.0. The summed E-state index contributed by atoms with van der Waals surface area (Å²) in [4.78, 5) is 24.5. The Balaban J connectivity index is 1.85. The number of likely N-dealkylation sites (tertiary alicyclic amines) is 1. The standard InChI is InChI=1S/C15H17F3N2O3/c1-15(13(21)22)3-5-20(8-15)14(23)19-4-2-9-6-10(16)12(18)11(17)7-9/h6-7H,2-5,8H2,1H3,(H,19,23)(H,21,22). The predicted molar refractivity (Wildman–Crippen MR) is 75.4 cm³/mol. The molecule has 1 aliphatic heterocycles. The first-order chi connectivity index (χ1) is 10.7. The van der Waals surface area contributed by atoms with E-state index in [1.807, 2.05) is 0 Å². The van der Waals surface area contributed by atoms with E-state index in [2.05, 4.69) is 5.32 Å². The molecule has 1 heterocycles. The number of rotatable bonds is 4. The molecule has 1 unspecified atom stereocenters. The SMILES string of the molecule is CC1(C(=O)O)CCN(C(=O)NCCc2cc(F)c(F)c(F)c2)C1.